The quantitative estimate of drug-likeness (QED) is 0.755. The van der Waals surface area contributed by atoms with Gasteiger partial charge in [-0.2, -0.15) is 0 Å². The number of nitrogens with one attached hydrogen (secondary N) is 2. The second-order valence-electron chi connectivity index (χ2n) is 6.89. The third-order valence-corrected chi connectivity index (χ3v) is 5.18. The summed E-state index contributed by atoms with van der Waals surface area (Å²) in [7, 11) is 0. The Kier molecular flexibility index (Phi) is 6.74. The Bertz CT molecular complexity index is 710. The number of likely N-dealkylation sites (tertiary alicyclic amines) is 1. The van der Waals surface area contributed by atoms with Crippen molar-refractivity contribution in [3.63, 3.8) is 0 Å². The molecule has 146 valence electrons. The Morgan fingerprint density at radius 2 is 1.85 bits per heavy atom. The molecule has 0 radical (unpaired) electrons. The molecule has 0 unspecified atom stereocenters. The van der Waals surface area contributed by atoms with E-state index in [9.17, 15) is 9.59 Å². The third-order valence-electron chi connectivity index (χ3n) is 4.93. The summed E-state index contributed by atoms with van der Waals surface area (Å²) in [4.78, 5) is 27.4. The number of benzene rings is 1. The molecule has 0 aromatic heterocycles. The lowest BCUT2D eigenvalue weighted by molar-refractivity contribution is -0.139. The summed E-state index contributed by atoms with van der Waals surface area (Å²) in [5, 5.41) is 6.30. The van der Waals surface area contributed by atoms with Crippen LogP contribution >= 0.6 is 11.6 Å². The Morgan fingerprint density at radius 3 is 2.48 bits per heavy atom. The van der Waals surface area contributed by atoms with Gasteiger partial charge in [0, 0.05) is 17.3 Å². The summed E-state index contributed by atoms with van der Waals surface area (Å²) in [5.41, 5.74) is 1.88. The van der Waals surface area contributed by atoms with E-state index in [0.717, 1.165) is 31.5 Å². The predicted octanol–water partition coefficient (Wildman–Crippen LogP) is 3.39. The second-order valence-corrected chi connectivity index (χ2v) is 7.32. The van der Waals surface area contributed by atoms with Crippen molar-refractivity contribution < 1.29 is 14.3 Å². The van der Waals surface area contributed by atoms with Crippen molar-refractivity contribution >= 4 is 23.6 Å². The molecule has 2 amide bonds. The first-order chi connectivity index (χ1) is 13.1. The van der Waals surface area contributed by atoms with E-state index in [1.54, 1.807) is 19.1 Å². The molecule has 2 aliphatic rings. The van der Waals surface area contributed by atoms with Crippen LogP contribution in [0.25, 0.3) is 0 Å². The normalized spacial score (nSPS) is 21.3. The number of halogens is 1. The number of nitrogens with zero attached hydrogens (tertiary/aromatic N) is 1. The molecule has 3 rings (SSSR count). The Labute approximate surface area is 164 Å². The van der Waals surface area contributed by atoms with Crippen LogP contribution in [-0.4, -0.2) is 43.1 Å². The van der Waals surface area contributed by atoms with Crippen LogP contribution in [0.4, 0.5) is 4.79 Å². The zero-order chi connectivity index (χ0) is 19.2. The van der Waals surface area contributed by atoms with Gasteiger partial charge in [0.1, 0.15) is 0 Å². The molecule has 2 N–H and O–H groups in total. The highest BCUT2D eigenvalue weighted by Gasteiger charge is 2.34. The molecule has 0 spiro atoms. The standard InChI is InChI=1S/C20H26ClN3O3/c1-2-27-19(25)17-16(13-24-11-5-3-4-6-12-24)22-20(26)23-18(17)14-7-9-15(21)10-8-14/h7-10,18H,2-6,11-13H2,1H3,(H2,22,23,26)/t18-/m0/s1. The van der Waals surface area contributed by atoms with E-state index in [4.69, 9.17) is 16.3 Å². The number of carbonyl (C=O) groups is 2. The Hall–Kier alpha value is -2.05. The van der Waals surface area contributed by atoms with Gasteiger partial charge in [0.15, 0.2) is 0 Å². The lowest BCUT2D eigenvalue weighted by Crippen LogP contribution is -2.48. The molecule has 7 heteroatoms. The van der Waals surface area contributed by atoms with Gasteiger partial charge in [0.05, 0.1) is 18.2 Å². The molecule has 0 bridgehead atoms. The number of carbonyl (C=O) groups excluding carboxylic acids is 2. The average molecular weight is 392 g/mol. The summed E-state index contributed by atoms with van der Waals surface area (Å²) in [5.74, 6) is -0.408. The number of rotatable bonds is 5. The molecule has 1 aromatic rings. The summed E-state index contributed by atoms with van der Waals surface area (Å²) in [6.07, 6.45) is 4.72. The highest BCUT2D eigenvalue weighted by molar-refractivity contribution is 6.30. The van der Waals surface area contributed by atoms with Crippen molar-refractivity contribution in [3.8, 4) is 0 Å². The highest BCUT2D eigenvalue weighted by Crippen LogP contribution is 2.29. The molecule has 6 nitrogen and oxygen atoms in total. The number of hydrogen-bond acceptors (Lipinski definition) is 4. The van der Waals surface area contributed by atoms with Crippen LogP contribution in [0.1, 0.15) is 44.2 Å². The molecule has 2 aliphatic heterocycles. The molecule has 1 atom stereocenters. The molecule has 1 fully saturated rings. The van der Waals surface area contributed by atoms with Gasteiger partial charge in [0.2, 0.25) is 0 Å². The van der Waals surface area contributed by atoms with Gasteiger partial charge < -0.3 is 15.4 Å². The van der Waals surface area contributed by atoms with E-state index >= 15 is 0 Å². The van der Waals surface area contributed by atoms with Gasteiger partial charge in [0.25, 0.3) is 0 Å². The maximum absolute atomic E-state index is 12.8. The topological polar surface area (TPSA) is 70.7 Å². The predicted molar refractivity (Wildman–Crippen MR) is 104 cm³/mol. The molecular weight excluding hydrogens is 366 g/mol. The minimum Gasteiger partial charge on any atom is -0.463 e. The van der Waals surface area contributed by atoms with Gasteiger partial charge in [-0.25, -0.2) is 9.59 Å². The van der Waals surface area contributed by atoms with E-state index in [2.05, 4.69) is 15.5 Å². The summed E-state index contributed by atoms with van der Waals surface area (Å²) in [6.45, 7) is 4.52. The first-order valence-corrected chi connectivity index (χ1v) is 9.91. The summed E-state index contributed by atoms with van der Waals surface area (Å²) >= 11 is 5.99. The second kappa shape index (κ2) is 9.24. The van der Waals surface area contributed by atoms with Crippen LogP contribution < -0.4 is 10.6 Å². The maximum Gasteiger partial charge on any atom is 0.338 e. The first kappa shape index (κ1) is 19.7. The van der Waals surface area contributed by atoms with Crippen LogP contribution in [0.3, 0.4) is 0 Å². The average Bonchev–Trinajstić information content (AvgIpc) is 2.90. The van der Waals surface area contributed by atoms with Crippen molar-refractivity contribution in [2.45, 2.75) is 38.6 Å². The Morgan fingerprint density at radius 1 is 1.19 bits per heavy atom. The number of esters is 1. The minimum atomic E-state index is -0.558. The molecule has 1 saturated heterocycles. The zero-order valence-electron chi connectivity index (χ0n) is 15.6. The fourth-order valence-electron chi connectivity index (χ4n) is 3.62. The molecular formula is C20H26ClN3O3. The lowest BCUT2D eigenvalue weighted by Gasteiger charge is -2.32. The van der Waals surface area contributed by atoms with Gasteiger partial charge in [-0.15, -0.1) is 0 Å². The van der Waals surface area contributed by atoms with Crippen LogP contribution in [0, 0.1) is 0 Å². The number of amides is 2. The molecule has 0 aliphatic carbocycles. The molecule has 2 heterocycles. The van der Waals surface area contributed by atoms with E-state index in [1.807, 2.05) is 12.1 Å². The first-order valence-electron chi connectivity index (χ1n) is 9.54. The smallest absolute Gasteiger partial charge is 0.338 e. The molecule has 27 heavy (non-hydrogen) atoms. The van der Waals surface area contributed by atoms with E-state index < -0.39 is 12.0 Å². The van der Waals surface area contributed by atoms with Crippen LogP contribution in [0.2, 0.25) is 5.02 Å². The van der Waals surface area contributed by atoms with Crippen molar-refractivity contribution in [1.29, 1.82) is 0 Å². The summed E-state index contributed by atoms with van der Waals surface area (Å²) < 4.78 is 5.30. The monoisotopic (exact) mass is 391 g/mol. The fourth-order valence-corrected chi connectivity index (χ4v) is 3.74. The lowest BCUT2D eigenvalue weighted by atomic mass is 9.95. The SMILES string of the molecule is CCOC(=O)C1=C(CN2CCCCCC2)NC(=O)N[C@H]1c1ccc(Cl)cc1. The van der Waals surface area contributed by atoms with E-state index in [1.165, 1.54) is 12.8 Å². The van der Waals surface area contributed by atoms with Gasteiger partial charge >= 0.3 is 12.0 Å². The van der Waals surface area contributed by atoms with Crippen LogP contribution in [0.5, 0.6) is 0 Å². The highest BCUT2D eigenvalue weighted by atomic mass is 35.5. The number of ether oxygens (including phenoxy) is 1. The molecule has 0 saturated carbocycles. The van der Waals surface area contributed by atoms with Crippen molar-refractivity contribution in [2.75, 3.05) is 26.2 Å². The maximum atomic E-state index is 12.8. The van der Waals surface area contributed by atoms with Crippen molar-refractivity contribution in [3.05, 3.63) is 46.1 Å². The number of hydrogen-bond donors (Lipinski definition) is 2. The zero-order valence-corrected chi connectivity index (χ0v) is 16.3. The fraction of sp³-hybridized carbons (Fsp3) is 0.500. The van der Waals surface area contributed by atoms with Crippen LogP contribution in [0.15, 0.2) is 35.5 Å². The minimum absolute atomic E-state index is 0.278. The molecule has 1 aromatic carbocycles. The van der Waals surface area contributed by atoms with E-state index in [0.29, 0.717) is 22.8 Å². The van der Waals surface area contributed by atoms with Crippen molar-refractivity contribution in [2.24, 2.45) is 0 Å². The number of urea groups is 1. The van der Waals surface area contributed by atoms with E-state index in [-0.39, 0.29) is 12.6 Å². The summed E-state index contributed by atoms with van der Waals surface area (Å²) in [6, 6.07) is 6.28. The van der Waals surface area contributed by atoms with Gasteiger partial charge in [-0.05, 0) is 50.6 Å². The van der Waals surface area contributed by atoms with Crippen LogP contribution in [-0.2, 0) is 9.53 Å². The largest absolute Gasteiger partial charge is 0.463 e. The van der Waals surface area contributed by atoms with Gasteiger partial charge in [-0.3, -0.25) is 4.90 Å². The Balaban J connectivity index is 1.96. The van der Waals surface area contributed by atoms with Gasteiger partial charge in [-0.1, -0.05) is 36.6 Å². The third kappa shape index (κ3) is 5.02. The van der Waals surface area contributed by atoms with Crippen molar-refractivity contribution in [1.82, 2.24) is 15.5 Å².